The van der Waals surface area contributed by atoms with E-state index in [-0.39, 0.29) is 23.2 Å². The maximum atomic E-state index is 13.4. The molecule has 0 unspecified atom stereocenters. The number of ether oxygens (including phenoxy) is 1. The number of morpholine rings is 1. The second kappa shape index (κ2) is 10.4. The van der Waals surface area contributed by atoms with E-state index in [1.54, 1.807) is 30.3 Å². The van der Waals surface area contributed by atoms with Crippen molar-refractivity contribution in [2.24, 2.45) is 0 Å². The highest BCUT2D eigenvalue weighted by molar-refractivity contribution is 7.99. The third kappa shape index (κ3) is 5.61. The fourth-order valence-electron chi connectivity index (χ4n) is 3.91. The van der Waals surface area contributed by atoms with E-state index in [2.05, 4.69) is 30.4 Å². The van der Waals surface area contributed by atoms with Gasteiger partial charge in [-0.05, 0) is 42.5 Å². The van der Waals surface area contributed by atoms with Crippen LogP contribution < -0.4 is 11.0 Å². The van der Waals surface area contributed by atoms with E-state index in [0.29, 0.717) is 47.5 Å². The molecule has 1 aliphatic rings. The van der Waals surface area contributed by atoms with Gasteiger partial charge in [-0.1, -0.05) is 11.8 Å². The van der Waals surface area contributed by atoms with Gasteiger partial charge in [-0.15, -0.1) is 10.2 Å². The quantitative estimate of drug-likeness (QED) is 0.320. The first-order chi connectivity index (χ1) is 17.0. The first-order valence-corrected chi connectivity index (χ1v) is 12.2. The number of benzene rings is 2. The summed E-state index contributed by atoms with van der Waals surface area (Å²) in [5, 5.41) is 12.1. The zero-order chi connectivity index (χ0) is 24.2. The summed E-state index contributed by atoms with van der Waals surface area (Å²) in [7, 11) is 0. The summed E-state index contributed by atoms with van der Waals surface area (Å²) in [6.07, 6.45) is 0. The van der Waals surface area contributed by atoms with Gasteiger partial charge in [-0.25, -0.2) is 9.18 Å². The summed E-state index contributed by atoms with van der Waals surface area (Å²) in [4.78, 5) is 31.7. The maximum absolute atomic E-state index is 13.4. The van der Waals surface area contributed by atoms with E-state index in [9.17, 15) is 14.0 Å². The number of amides is 1. The van der Waals surface area contributed by atoms with Crippen molar-refractivity contribution >= 4 is 34.4 Å². The Labute approximate surface area is 203 Å². The van der Waals surface area contributed by atoms with Crippen molar-refractivity contribution < 1.29 is 13.9 Å². The molecule has 182 valence electrons. The molecule has 4 aromatic rings. The Bertz CT molecular complexity index is 1380. The minimum Gasteiger partial charge on any atom is -0.379 e. The predicted octanol–water partition coefficient (Wildman–Crippen LogP) is 2.32. The normalized spacial score (nSPS) is 14.4. The van der Waals surface area contributed by atoms with Crippen LogP contribution in [-0.4, -0.2) is 74.1 Å². The van der Waals surface area contributed by atoms with Gasteiger partial charge in [-0.2, -0.15) is 0 Å². The van der Waals surface area contributed by atoms with Crippen molar-refractivity contribution in [1.82, 2.24) is 29.6 Å². The summed E-state index contributed by atoms with van der Waals surface area (Å²) in [5.41, 5.74) is 2.33. The van der Waals surface area contributed by atoms with Gasteiger partial charge < -0.3 is 24.6 Å². The number of rotatable bonds is 8. The number of nitrogens with one attached hydrogen (secondary N) is 3. The van der Waals surface area contributed by atoms with Crippen molar-refractivity contribution in [3.05, 3.63) is 58.8 Å². The molecule has 10 nitrogen and oxygen atoms in total. The number of carbonyl (C=O) groups is 1. The van der Waals surface area contributed by atoms with E-state index in [1.807, 2.05) is 4.57 Å². The number of anilines is 1. The topological polar surface area (TPSA) is 121 Å². The smallest absolute Gasteiger partial charge is 0.323 e. The van der Waals surface area contributed by atoms with Crippen LogP contribution in [0.1, 0.15) is 0 Å². The van der Waals surface area contributed by atoms with Crippen LogP contribution in [-0.2, 0) is 16.1 Å². The van der Waals surface area contributed by atoms with Gasteiger partial charge in [-0.3, -0.25) is 9.69 Å². The summed E-state index contributed by atoms with van der Waals surface area (Å²) < 4.78 is 20.8. The molecule has 1 amide bonds. The molecule has 0 saturated carbocycles. The molecule has 1 fully saturated rings. The van der Waals surface area contributed by atoms with E-state index in [0.717, 1.165) is 25.2 Å². The lowest BCUT2D eigenvalue weighted by Gasteiger charge is -2.27. The Morgan fingerprint density at radius 3 is 2.63 bits per heavy atom. The average Bonchev–Trinajstić information content (AvgIpc) is 3.44. The number of carbonyl (C=O) groups excluding carboxylic acids is 1. The molecule has 0 spiro atoms. The van der Waals surface area contributed by atoms with Gasteiger partial charge in [0.25, 0.3) is 0 Å². The van der Waals surface area contributed by atoms with Crippen LogP contribution >= 0.6 is 11.8 Å². The van der Waals surface area contributed by atoms with Gasteiger partial charge in [0.05, 0.1) is 30.0 Å². The molecule has 5 rings (SSSR count). The molecule has 1 saturated heterocycles. The lowest BCUT2D eigenvalue weighted by molar-refractivity contribution is -0.113. The molecular weight excluding hydrogens is 473 g/mol. The first-order valence-electron chi connectivity index (χ1n) is 11.2. The number of halogens is 1. The predicted molar refractivity (Wildman–Crippen MR) is 131 cm³/mol. The first kappa shape index (κ1) is 23.3. The lowest BCUT2D eigenvalue weighted by Crippen LogP contribution is -2.38. The second-order valence-electron chi connectivity index (χ2n) is 8.10. The Balaban J connectivity index is 1.29. The van der Waals surface area contributed by atoms with E-state index in [1.165, 1.54) is 23.9 Å². The molecule has 0 bridgehead atoms. The molecule has 2 aromatic heterocycles. The highest BCUT2D eigenvalue weighted by Gasteiger charge is 2.18. The largest absolute Gasteiger partial charge is 0.379 e. The van der Waals surface area contributed by atoms with Crippen molar-refractivity contribution in [2.45, 2.75) is 11.7 Å². The zero-order valence-corrected chi connectivity index (χ0v) is 19.6. The number of hydrogen-bond donors (Lipinski definition) is 3. The van der Waals surface area contributed by atoms with Crippen LogP contribution in [0.15, 0.2) is 52.4 Å². The van der Waals surface area contributed by atoms with Crippen molar-refractivity contribution in [3.63, 3.8) is 0 Å². The third-order valence-corrected chi connectivity index (χ3v) is 6.66. The van der Waals surface area contributed by atoms with Crippen LogP contribution in [0.5, 0.6) is 0 Å². The fourth-order valence-corrected chi connectivity index (χ4v) is 4.68. The molecule has 35 heavy (non-hydrogen) atoms. The van der Waals surface area contributed by atoms with Crippen LogP contribution in [0, 0.1) is 5.82 Å². The van der Waals surface area contributed by atoms with Gasteiger partial charge >= 0.3 is 5.69 Å². The number of hydrogen-bond acceptors (Lipinski definition) is 7. The van der Waals surface area contributed by atoms with Gasteiger partial charge in [0.1, 0.15) is 5.82 Å². The fraction of sp³-hybridized carbons (Fsp3) is 0.304. The number of H-pyrrole nitrogens is 2. The summed E-state index contributed by atoms with van der Waals surface area (Å²) >= 11 is 1.28. The zero-order valence-electron chi connectivity index (χ0n) is 18.8. The Morgan fingerprint density at radius 1 is 1.06 bits per heavy atom. The van der Waals surface area contributed by atoms with Gasteiger partial charge in [0.2, 0.25) is 5.91 Å². The van der Waals surface area contributed by atoms with E-state index in [4.69, 9.17) is 4.74 Å². The van der Waals surface area contributed by atoms with Crippen LogP contribution in [0.2, 0.25) is 0 Å². The molecule has 0 atom stereocenters. The Hall–Kier alpha value is -3.48. The molecule has 0 radical (unpaired) electrons. The standard InChI is InChI=1S/C23H24FN7O3S/c24-16-3-1-15(2-4-16)21-28-29-23(31(21)8-7-30-9-11-34-12-10-30)35-14-20(32)25-17-5-6-18-19(13-17)27-22(33)26-18/h1-6,13H,7-12,14H2,(H,25,32)(H2,26,27,33). The molecule has 1 aliphatic heterocycles. The van der Waals surface area contributed by atoms with Crippen molar-refractivity contribution in [2.75, 3.05) is 43.9 Å². The third-order valence-electron chi connectivity index (χ3n) is 5.69. The number of aromatic nitrogens is 5. The van der Waals surface area contributed by atoms with Gasteiger partial charge in [0.15, 0.2) is 11.0 Å². The second-order valence-corrected chi connectivity index (χ2v) is 9.04. The summed E-state index contributed by atoms with van der Waals surface area (Å²) in [5.74, 6) is 0.225. The van der Waals surface area contributed by atoms with Crippen LogP contribution in [0.25, 0.3) is 22.4 Å². The maximum Gasteiger partial charge on any atom is 0.323 e. The van der Waals surface area contributed by atoms with Crippen molar-refractivity contribution in [1.29, 1.82) is 0 Å². The van der Waals surface area contributed by atoms with Crippen LogP contribution in [0.3, 0.4) is 0 Å². The molecule has 12 heteroatoms. The number of aromatic amines is 2. The van der Waals surface area contributed by atoms with Crippen molar-refractivity contribution in [3.8, 4) is 11.4 Å². The summed E-state index contributed by atoms with van der Waals surface area (Å²) in [6, 6.07) is 11.3. The van der Waals surface area contributed by atoms with E-state index >= 15 is 0 Å². The number of thioether (sulfide) groups is 1. The minimum atomic E-state index is -0.318. The number of fused-ring (bicyclic) bond motifs is 1. The monoisotopic (exact) mass is 497 g/mol. The molecule has 2 aromatic carbocycles. The Kier molecular flexibility index (Phi) is 6.93. The Morgan fingerprint density at radius 2 is 1.83 bits per heavy atom. The highest BCUT2D eigenvalue weighted by Crippen LogP contribution is 2.25. The molecular formula is C23H24FN7O3S. The molecule has 3 N–H and O–H groups in total. The number of nitrogens with zero attached hydrogens (tertiary/aromatic N) is 4. The highest BCUT2D eigenvalue weighted by atomic mass is 32.2. The average molecular weight is 498 g/mol. The van der Waals surface area contributed by atoms with E-state index < -0.39 is 0 Å². The van der Waals surface area contributed by atoms with Gasteiger partial charge in [0, 0.05) is 37.4 Å². The SMILES string of the molecule is O=C(CSc1nnc(-c2ccc(F)cc2)n1CCN1CCOCC1)Nc1ccc2[nH]c(=O)[nH]c2c1. The van der Waals surface area contributed by atoms with Crippen LogP contribution in [0.4, 0.5) is 10.1 Å². The minimum absolute atomic E-state index is 0.126. The lowest BCUT2D eigenvalue weighted by atomic mass is 10.2. The molecule has 3 heterocycles. The molecule has 0 aliphatic carbocycles. The summed E-state index contributed by atoms with van der Waals surface area (Å²) in [6.45, 7) is 4.53. The number of imidazole rings is 1.